The first kappa shape index (κ1) is 19.7. The first-order valence-corrected chi connectivity index (χ1v) is 8.93. The molecule has 0 fully saturated rings. The van der Waals surface area contributed by atoms with E-state index in [2.05, 4.69) is 10.9 Å². The molecule has 0 spiro atoms. The zero-order valence-electron chi connectivity index (χ0n) is 14.7. The van der Waals surface area contributed by atoms with Gasteiger partial charge in [0.2, 0.25) is 0 Å². The summed E-state index contributed by atoms with van der Waals surface area (Å²) in [5.41, 5.74) is 1.13. The Labute approximate surface area is 167 Å². The molecule has 1 amide bonds. The van der Waals surface area contributed by atoms with Crippen molar-refractivity contribution >= 4 is 44.9 Å². The van der Waals surface area contributed by atoms with Crippen LogP contribution in [0.3, 0.4) is 0 Å². The Bertz CT molecular complexity index is 1260. The van der Waals surface area contributed by atoms with Gasteiger partial charge in [0.25, 0.3) is 17.3 Å². The minimum Gasteiger partial charge on any atom is -0.305 e. The molecule has 0 atom stereocenters. The zero-order valence-corrected chi connectivity index (χ0v) is 15.5. The van der Waals surface area contributed by atoms with E-state index in [1.165, 1.54) is 48.6 Å². The van der Waals surface area contributed by atoms with Gasteiger partial charge in [0.15, 0.2) is 4.80 Å². The van der Waals surface area contributed by atoms with Gasteiger partial charge in [-0.15, -0.1) is 6.42 Å². The molecule has 0 N–H and O–H groups in total. The molecular formula is C19H12N4O5S. The molecule has 1 aromatic heterocycles. The van der Waals surface area contributed by atoms with E-state index in [0.29, 0.717) is 20.6 Å². The quantitative estimate of drug-likeness (QED) is 0.278. The van der Waals surface area contributed by atoms with Gasteiger partial charge >= 0.3 is 0 Å². The van der Waals surface area contributed by atoms with E-state index in [1.807, 2.05) is 0 Å². The molecular weight excluding hydrogens is 396 g/mol. The molecule has 0 aliphatic carbocycles. The van der Waals surface area contributed by atoms with Gasteiger partial charge < -0.3 is 4.57 Å². The maximum absolute atomic E-state index is 12.2. The highest BCUT2D eigenvalue weighted by Crippen LogP contribution is 2.23. The van der Waals surface area contributed by atoms with Crippen molar-refractivity contribution in [1.29, 1.82) is 0 Å². The van der Waals surface area contributed by atoms with Gasteiger partial charge in [0, 0.05) is 30.3 Å². The number of nitro groups is 2. The normalized spacial score (nSPS) is 11.6. The number of carbonyl (C=O) groups is 1. The van der Waals surface area contributed by atoms with Crippen molar-refractivity contribution in [1.82, 2.24) is 4.57 Å². The Morgan fingerprint density at radius 3 is 2.41 bits per heavy atom. The van der Waals surface area contributed by atoms with Gasteiger partial charge in [-0.05, 0) is 29.8 Å². The fourth-order valence-electron chi connectivity index (χ4n) is 2.51. The summed E-state index contributed by atoms with van der Waals surface area (Å²) in [6, 6.07) is 10.0. The van der Waals surface area contributed by atoms with E-state index >= 15 is 0 Å². The van der Waals surface area contributed by atoms with E-state index in [-0.39, 0.29) is 17.9 Å². The smallest absolute Gasteiger partial charge is 0.272 e. The number of hydrogen-bond acceptors (Lipinski definition) is 6. The molecule has 0 aliphatic heterocycles. The molecule has 0 unspecified atom stereocenters. The molecule has 144 valence electrons. The van der Waals surface area contributed by atoms with Gasteiger partial charge in [-0.3, -0.25) is 25.0 Å². The van der Waals surface area contributed by atoms with E-state index < -0.39 is 15.8 Å². The SMILES string of the molecule is C#CCn1c(=NC(=O)/C=C\c2ccc([N+](=O)[O-])cc2)sc2cc([N+](=O)[O-])ccc21. The highest BCUT2D eigenvalue weighted by molar-refractivity contribution is 7.16. The van der Waals surface area contributed by atoms with Crippen LogP contribution in [0.25, 0.3) is 16.3 Å². The Hall–Kier alpha value is -4.10. The number of benzene rings is 2. The Morgan fingerprint density at radius 1 is 1.14 bits per heavy atom. The molecule has 0 radical (unpaired) electrons. The van der Waals surface area contributed by atoms with Crippen molar-refractivity contribution in [2.75, 3.05) is 0 Å². The number of nitrogens with zero attached hydrogens (tertiary/aromatic N) is 4. The Morgan fingerprint density at radius 2 is 1.79 bits per heavy atom. The predicted molar refractivity (Wildman–Crippen MR) is 108 cm³/mol. The summed E-state index contributed by atoms with van der Waals surface area (Å²) in [5, 5.41) is 21.6. The van der Waals surface area contributed by atoms with Crippen molar-refractivity contribution in [2.24, 2.45) is 4.99 Å². The first-order valence-electron chi connectivity index (χ1n) is 8.11. The van der Waals surface area contributed by atoms with Crippen molar-refractivity contribution in [2.45, 2.75) is 6.54 Å². The lowest BCUT2D eigenvalue weighted by Gasteiger charge is -1.99. The molecule has 9 nitrogen and oxygen atoms in total. The molecule has 10 heteroatoms. The molecule has 0 saturated carbocycles. The van der Waals surface area contributed by atoms with Crippen LogP contribution in [0.4, 0.5) is 11.4 Å². The molecule has 29 heavy (non-hydrogen) atoms. The third-order valence-corrected chi connectivity index (χ3v) is 4.90. The van der Waals surface area contributed by atoms with Crippen LogP contribution in [-0.4, -0.2) is 20.3 Å². The van der Waals surface area contributed by atoms with Crippen LogP contribution in [0.5, 0.6) is 0 Å². The van der Waals surface area contributed by atoms with Crippen LogP contribution in [0.15, 0.2) is 53.5 Å². The van der Waals surface area contributed by atoms with E-state index in [4.69, 9.17) is 6.42 Å². The molecule has 2 aromatic carbocycles. The second kappa shape index (κ2) is 8.28. The summed E-state index contributed by atoms with van der Waals surface area (Å²) in [6.07, 6.45) is 8.11. The summed E-state index contributed by atoms with van der Waals surface area (Å²) in [6.45, 7) is 0.149. The van der Waals surface area contributed by atoms with E-state index in [9.17, 15) is 25.0 Å². The van der Waals surface area contributed by atoms with Crippen LogP contribution in [0, 0.1) is 32.6 Å². The minimum atomic E-state index is -0.560. The molecule has 0 saturated heterocycles. The van der Waals surface area contributed by atoms with Gasteiger partial charge in [0.05, 0.1) is 26.6 Å². The number of thiazole rings is 1. The third-order valence-electron chi connectivity index (χ3n) is 3.85. The minimum absolute atomic E-state index is 0.0483. The van der Waals surface area contributed by atoms with Crippen molar-refractivity contribution in [3.63, 3.8) is 0 Å². The number of carbonyl (C=O) groups excluding carboxylic acids is 1. The van der Waals surface area contributed by atoms with Crippen LogP contribution in [-0.2, 0) is 11.3 Å². The number of rotatable bonds is 5. The molecule has 3 rings (SSSR count). The maximum atomic E-state index is 12.2. The Balaban J connectivity index is 1.94. The average Bonchev–Trinajstić information content (AvgIpc) is 3.03. The average molecular weight is 408 g/mol. The third kappa shape index (κ3) is 4.42. The summed E-state index contributed by atoms with van der Waals surface area (Å²) < 4.78 is 2.21. The van der Waals surface area contributed by atoms with E-state index in [0.717, 1.165) is 11.3 Å². The second-order valence-corrected chi connectivity index (χ2v) is 6.73. The van der Waals surface area contributed by atoms with Gasteiger partial charge in [-0.1, -0.05) is 17.3 Å². The van der Waals surface area contributed by atoms with Gasteiger partial charge in [-0.2, -0.15) is 4.99 Å². The van der Waals surface area contributed by atoms with Crippen LogP contribution in [0.2, 0.25) is 0 Å². The topological polar surface area (TPSA) is 121 Å². The fourth-order valence-corrected chi connectivity index (χ4v) is 3.58. The monoisotopic (exact) mass is 408 g/mol. The second-order valence-electron chi connectivity index (χ2n) is 5.72. The lowest BCUT2D eigenvalue weighted by atomic mass is 10.2. The lowest BCUT2D eigenvalue weighted by Crippen LogP contribution is -2.15. The first-order chi connectivity index (χ1) is 13.9. The lowest BCUT2D eigenvalue weighted by molar-refractivity contribution is -0.385. The van der Waals surface area contributed by atoms with Crippen LogP contribution in [0.1, 0.15) is 5.56 Å². The summed E-state index contributed by atoms with van der Waals surface area (Å²) in [4.78, 5) is 37.2. The number of nitro benzene ring substituents is 2. The predicted octanol–water partition coefficient (Wildman–Crippen LogP) is 3.29. The number of amides is 1. The van der Waals surface area contributed by atoms with Gasteiger partial charge in [0.1, 0.15) is 0 Å². The zero-order chi connectivity index (χ0) is 21.0. The van der Waals surface area contributed by atoms with Crippen molar-refractivity contribution in [3.05, 3.63) is 79.1 Å². The highest BCUT2D eigenvalue weighted by Gasteiger charge is 2.12. The maximum Gasteiger partial charge on any atom is 0.272 e. The summed E-state index contributed by atoms with van der Waals surface area (Å²) in [5.74, 6) is 1.92. The number of non-ortho nitro benzene ring substituents is 2. The number of aromatic nitrogens is 1. The summed E-state index contributed by atoms with van der Waals surface area (Å²) >= 11 is 1.12. The van der Waals surface area contributed by atoms with Crippen LogP contribution < -0.4 is 4.80 Å². The molecule has 1 heterocycles. The number of hydrogen-bond donors (Lipinski definition) is 0. The number of fused-ring (bicyclic) bond motifs is 1. The fraction of sp³-hybridized carbons (Fsp3) is 0.0526. The Kier molecular flexibility index (Phi) is 5.61. The highest BCUT2D eigenvalue weighted by atomic mass is 32.1. The van der Waals surface area contributed by atoms with Crippen molar-refractivity contribution in [3.8, 4) is 12.3 Å². The summed E-state index contributed by atoms with van der Waals surface area (Å²) in [7, 11) is 0. The van der Waals surface area contributed by atoms with E-state index in [1.54, 1.807) is 10.6 Å². The van der Waals surface area contributed by atoms with Crippen LogP contribution >= 0.6 is 11.3 Å². The molecule has 3 aromatic rings. The van der Waals surface area contributed by atoms with Crippen molar-refractivity contribution < 1.29 is 14.6 Å². The molecule has 0 aliphatic rings. The number of terminal acetylenes is 1. The van der Waals surface area contributed by atoms with Gasteiger partial charge in [-0.25, -0.2) is 0 Å². The standard InChI is InChI=1S/C19H12N4O5S/c1-2-11-21-16-9-8-15(23(27)28)12-17(16)29-19(21)20-18(24)10-5-13-3-6-14(7-4-13)22(25)26/h1,3-10,12H,11H2/b10-5-,20-19?. The largest absolute Gasteiger partial charge is 0.305 e. The molecule has 0 bridgehead atoms.